The van der Waals surface area contributed by atoms with Gasteiger partial charge in [0, 0.05) is 22.7 Å². The van der Waals surface area contributed by atoms with Gasteiger partial charge >= 0.3 is 11.9 Å². The zero-order valence-electron chi connectivity index (χ0n) is 19.2. The fourth-order valence-corrected chi connectivity index (χ4v) is 4.73. The number of carbonyl (C=O) groups excluding carboxylic acids is 1. The fourth-order valence-electron chi connectivity index (χ4n) is 3.70. The van der Waals surface area contributed by atoms with Crippen LogP contribution in [0.1, 0.15) is 19.4 Å². The summed E-state index contributed by atoms with van der Waals surface area (Å²) in [4.78, 5) is 29.0. The third-order valence-corrected chi connectivity index (χ3v) is 6.18. The van der Waals surface area contributed by atoms with E-state index in [9.17, 15) is 19.8 Å². The fraction of sp³-hybridized carbons (Fsp3) is 0.192. The lowest BCUT2D eigenvalue weighted by molar-refractivity contribution is -0.138. The Bertz CT molecular complexity index is 1370. The zero-order chi connectivity index (χ0) is 24.9. The molecule has 0 unspecified atom stereocenters. The predicted molar refractivity (Wildman–Crippen MR) is 136 cm³/mol. The van der Waals surface area contributed by atoms with E-state index in [4.69, 9.17) is 9.47 Å². The van der Waals surface area contributed by atoms with E-state index < -0.39 is 11.9 Å². The second-order valence-corrected chi connectivity index (χ2v) is 8.55. The van der Waals surface area contributed by atoms with Gasteiger partial charge in [0.2, 0.25) is 0 Å². The topological polar surface area (TPSA) is 110 Å². The summed E-state index contributed by atoms with van der Waals surface area (Å²) in [6, 6.07) is 14.5. The van der Waals surface area contributed by atoms with E-state index in [2.05, 4.69) is 4.99 Å². The maximum Gasteiger partial charge on any atom is 0.344 e. The molecule has 2 heterocycles. The maximum absolute atomic E-state index is 12.7. The average Bonchev–Trinajstić information content (AvgIpc) is 3.32. The summed E-state index contributed by atoms with van der Waals surface area (Å²) in [6.45, 7) is 4.09. The minimum absolute atomic E-state index is 0.00809. The van der Waals surface area contributed by atoms with Gasteiger partial charge in [0.25, 0.3) is 0 Å². The van der Waals surface area contributed by atoms with Gasteiger partial charge in [-0.1, -0.05) is 30.0 Å². The van der Waals surface area contributed by atoms with Gasteiger partial charge in [-0.2, -0.15) is 0 Å². The van der Waals surface area contributed by atoms with Crippen LogP contribution in [0, 0.1) is 0 Å². The molecule has 9 heteroatoms. The number of aliphatic imine (C=N–C) groups is 1. The maximum atomic E-state index is 12.7. The molecule has 2 aromatic carbocycles. The summed E-state index contributed by atoms with van der Waals surface area (Å²) in [5.41, 5.74) is 2.04. The standard InChI is InChI=1S/C26H24N2O6S/c1-3-33-18-11-9-17(10-12-18)27-25-23(26(32)34-4-2)24(31)21(35-25)13-16-14-28(15-22(29)30)20-8-6-5-7-19(16)20/h5-14,31H,3-4,15H2,1-2H3,(H,29,30)/b21-13-,27-25?. The Labute approximate surface area is 206 Å². The van der Waals surface area contributed by atoms with Crippen molar-refractivity contribution in [1.29, 1.82) is 0 Å². The largest absolute Gasteiger partial charge is 0.506 e. The number of carboxylic acids is 1. The van der Waals surface area contributed by atoms with E-state index in [1.165, 1.54) is 0 Å². The van der Waals surface area contributed by atoms with Crippen molar-refractivity contribution in [3.8, 4) is 5.75 Å². The molecule has 0 bridgehead atoms. The smallest absolute Gasteiger partial charge is 0.344 e. The third kappa shape index (κ3) is 5.25. The number of rotatable bonds is 8. The van der Waals surface area contributed by atoms with Crippen LogP contribution in [0.15, 0.2) is 76.0 Å². The normalized spacial score (nSPS) is 15.8. The van der Waals surface area contributed by atoms with E-state index in [0.717, 1.165) is 22.7 Å². The molecule has 2 N–H and O–H groups in total. The Kier molecular flexibility index (Phi) is 7.26. The number of para-hydroxylation sites is 1. The molecule has 1 aliphatic rings. The van der Waals surface area contributed by atoms with Crippen LogP contribution in [0.3, 0.4) is 0 Å². The third-order valence-electron chi connectivity index (χ3n) is 5.16. The number of aliphatic hydroxyl groups is 1. The first-order chi connectivity index (χ1) is 16.9. The number of carbonyl (C=O) groups is 2. The molecule has 8 nitrogen and oxygen atoms in total. The number of ether oxygens (including phenoxy) is 2. The molecule has 0 saturated carbocycles. The number of thioether (sulfide) groups is 1. The molecule has 3 aromatic rings. The van der Waals surface area contributed by atoms with Gasteiger partial charge in [-0.25, -0.2) is 9.79 Å². The first kappa shape index (κ1) is 24.2. The summed E-state index contributed by atoms with van der Waals surface area (Å²) >= 11 is 1.15. The van der Waals surface area contributed by atoms with Crippen LogP contribution in [0.2, 0.25) is 0 Å². The highest BCUT2D eigenvalue weighted by molar-refractivity contribution is 8.18. The number of esters is 1. The summed E-state index contributed by atoms with van der Waals surface area (Å²) in [5, 5.41) is 21.4. The van der Waals surface area contributed by atoms with Crippen LogP contribution in [0.4, 0.5) is 5.69 Å². The number of hydrogen-bond donors (Lipinski definition) is 2. The Balaban J connectivity index is 1.76. The van der Waals surface area contributed by atoms with Gasteiger partial charge in [0.05, 0.1) is 23.8 Å². The van der Waals surface area contributed by atoms with Crippen LogP contribution < -0.4 is 4.74 Å². The van der Waals surface area contributed by atoms with Crippen molar-refractivity contribution in [2.75, 3.05) is 13.2 Å². The second kappa shape index (κ2) is 10.5. The van der Waals surface area contributed by atoms with Crippen molar-refractivity contribution in [2.24, 2.45) is 4.99 Å². The van der Waals surface area contributed by atoms with Gasteiger partial charge < -0.3 is 24.3 Å². The molecular weight excluding hydrogens is 468 g/mol. The second-order valence-electron chi connectivity index (χ2n) is 7.52. The molecule has 1 aromatic heterocycles. The molecule has 1 aliphatic heterocycles. The molecule has 0 aliphatic carbocycles. The minimum atomic E-state index is -0.961. The van der Waals surface area contributed by atoms with Crippen LogP contribution in [-0.4, -0.2) is 45.0 Å². The van der Waals surface area contributed by atoms with Crippen molar-refractivity contribution < 1.29 is 29.3 Å². The molecule has 0 amide bonds. The Hall–Kier alpha value is -3.98. The molecule has 0 fully saturated rings. The van der Waals surface area contributed by atoms with Crippen LogP contribution >= 0.6 is 11.8 Å². The zero-order valence-corrected chi connectivity index (χ0v) is 20.0. The highest BCUT2D eigenvalue weighted by Gasteiger charge is 2.33. The van der Waals surface area contributed by atoms with Gasteiger partial charge in [-0.05, 0) is 50.3 Å². The lowest BCUT2D eigenvalue weighted by atomic mass is 10.1. The van der Waals surface area contributed by atoms with Crippen molar-refractivity contribution in [1.82, 2.24) is 4.57 Å². The number of aliphatic hydroxyl groups excluding tert-OH is 1. The first-order valence-corrected chi connectivity index (χ1v) is 11.8. The highest BCUT2D eigenvalue weighted by Crippen LogP contribution is 2.41. The van der Waals surface area contributed by atoms with Gasteiger partial charge in [-0.15, -0.1) is 0 Å². The molecule has 0 saturated heterocycles. The number of aliphatic carboxylic acids is 1. The van der Waals surface area contributed by atoms with Gasteiger partial charge in [0.1, 0.15) is 28.7 Å². The van der Waals surface area contributed by atoms with Crippen molar-refractivity contribution in [3.05, 3.63) is 76.5 Å². The Morgan fingerprint density at radius 2 is 1.83 bits per heavy atom. The molecule has 0 atom stereocenters. The van der Waals surface area contributed by atoms with Gasteiger partial charge in [0.15, 0.2) is 0 Å². The first-order valence-electron chi connectivity index (χ1n) is 11.0. The van der Waals surface area contributed by atoms with E-state index in [1.54, 1.807) is 48.0 Å². The van der Waals surface area contributed by atoms with E-state index in [1.807, 2.05) is 31.2 Å². The van der Waals surface area contributed by atoms with Crippen molar-refractivity contribution in [3.63, 3.8) is 0 Å². The average molecular weight is 493 g/mol. The highest BCUT2D eigenvalue weighted by atomic mass is 32.2. The van der Waals surface area contributed by atoms with Crippen LogP contribution in [0.25, 0.3) is 17.0 Å². The molecule has 4 rings (SSSR count). The van der Waals surface area contributed by atoms with E-state index >= 15 is 0 Å². The predicted octanol–water partition coefficient (Wildman–Crippen LogP) is 5.32. The molecular formula is C26H24N2O6S. The van der Waals surface area contributed by atoms with E-state index in [-0.39, 0.29) is 24.5 Å². The lowest BCUT2D eigenvalue weighted by Gasteiger charge is -2.05. The van der Waals surface area contributed by atoms with Crippen molar-refractivity contribution in [2.45, 2.75) is 20.4 Å². The number of benzene rings is 2. The summed E-state index contributed by atoms with van der Waals surface area (Å²) in [7, 11) is 0. The number of nitrogens with zero attached hydrogens (tertiary/aromatic N) is 2. The Morgan fingerprint density at radius 3 is 2.51 bits per heavy atom. The summed E-state index contributed by atoms with van der Waals surface area (Å²) < 4.78 is 12.3. The van der Waals surface area contributed by atoms with Crippen LogP contribution in [0.5, 0.6) is 5.75 Å². The monoisotopic (exact) mass is 492 g/mol. The van der Waals surface area contributed by atoms with Crippen molar-refractivity contribution >= 4 is 51.4 Å². The SMILES string of the molecule is CCOC(=O)C1=C(O)/C(=C/c2cn(CC(=O)O)c3ccccc23)SC1=Nc1ccc(OCC)cc1. The van der Waals surface area contributed by atoms with Crippen LogP contribution in [-0.2, 0) is 20.9 Å². The molecule has 180 valence electrons. The number of fused-ring (bicyclic) bond motifs is 1. The number of aromatic nitrogens is 1. The van der Waals surface area contributed by atoms with E-state index in [0.29, 0.717) is 33.6 Å². The lowest BCUT2D eigenvalue weighted by Crippen LogP contribution is -2.12. The molecule has 0 spiro atoms. The number of hydrogen-bond acceptors (Lipinski definition) is 7. The Morgan fingerprint density at radius 1 is 1.09 bits per heavy atom. The summed E-state index contributed by atoms with van der Waals surface area (Å²) in [6.07, 6.45) is 3.44. The quantitative estimate of drug-likeness (QED) is 0.410. The molecule has 0 radical (unpaired) electrons. The number of carboxylic acid groups (broad SMARTS) is 1. The minimum Gasteiger partial charge on any atom is -0.506 e. The van der Waals surface area contributed by atoms with Gasteiger partial charge in [-0.3, -0.25) is 4.79 Å². The summed E-state index contributed by atoms with van der Waals surface area (Å²) in [5.74, 6) is -1.15. The molecule has 35 heavy (non-hydrogen) atoms.